The molecule has 1 aromatic carbocycles. The number of halogens is 4. The van der Waals surface area contributed by atoms with Gasteiger partial charge in [0.05, 0.1) is 16.9 Å². The number of fused-ring (bicyclic) bond motifs is 1. The highest BCUT2D eigenvalue weighted by molar-refractivity contribution is 9.10. The van der Waals surface area contributed by atoms with Crippen LogP contribution < -0.4 is 18.9 Å². The maximum atomic E-state index is 13.9. The number of ether oxygens (including phenoxy) is 2. The molecule has 2 aliphatic rings. The molecule has 7 rings (SSSR count). The summed E-state index contributed by atoms with van der Waals surface area (Å²) >= 11 is 3.43. The summed E-state index contributed by atoms with van der Waals surface area (Å²) in [7, 11) is -8.29. The predicted octanol–water partition coefficient (Wildman–Crippen LogP) is 9.50. The van der Waals surface area contributed by atoms with E-state index in [9.17, 15) is 30.0 Å². The molecular weight excluding hydrogens is 1030 g/mol. The molecule has 0 amide bonds. The summed E-state index contributed by atoms with van der Waals surface area (Å²) in [5.74, 6) is -0.00751. The number of anilines is 2. The summed E-state index contributed by atoms with van der Waals surface area (Å²) in [4.78, 5) is 21.7. The maximum Gasteiger partial charge on any atom is 0.422 e. The topological polar surface area (TPSA) is 221 Å². The van der Waals surface area contributed by atoms with Gasteiger partial charge in [0.2, 0.25) is 11.8 Å². The van der Waals surface area contributed by atoms with Crippen LogP contribution in [0.3, 0.4) is 0 Å². The van der Waals surface area contributed by atoms with E-state index in [0.29, 0.717) is 72.6 Å². The number of sulfonamides is 2. The minimum absolute atomic E-state index is 0.0193. The van der Waals surface area contributed by atoms with Gasteiger partial charge in [0.1, 0.15) is 4.47 Å². The minimum atomic E-state index is -4.54. The molecule has 6 heterocycles. The van der Waals surface area contributed by atoms with E-state index in [1.165, 1.54) is 18.3 Å². The van der Waals surface area contributed by atoms with Crippen LogP contribution in [0.25, 0.3) is 0 Å². The van der Waals surface area contributed by atoms with Gasteiger partial charge in [-0.3, -0.25) is 14.5 Å². The lowest BCUT2D eigenvalue weighted by atomic mass is 9.82. The number of nitrogens with zero attached hydrogens (tertiary/aromatic N) is 8. The first kappa shape index (κ1) is 53.1. The maximum absolute atomic E-state index is 13.9. The van der Waals surface area contributed by atoms with Crippen molar-refractivity contribution in [2.45, 2.75) is 108 Å². The van der Waals surface area contributed by atoms with Gasteiger partial charge in [-0.15, -0.1) is 0 Å². The molecule has 0 bridgehead atoms. The van der Waals surface area contributed by atoms with E-state index in [0.717, 1.165) is 22.1 Å². The summed E-state index contributed by atoms with van der Waals surface area (Å²) in [6.07, 6.45) is 4.62. The van der Waals surface area contributed by atoms with Gasteiger partial charge in [0, 0.05) is 79.8 Å². The Bertz CT molecular complexity index is 2980. The molecule has 0 fully saturated rings. The van der Waals surface area contributed by atoms with E-state index in [1.54, 1.807) is 36.7 Å². The second kappa shape index (κ2) is 21.6. The Morgan fingerprint density at radius 3 is 2.28 bits per heavy atom. The Labute approximate surface area is 419 Å². The summed E-state index contributed by atoms with van der Waals surface area (Å²) in [6.45, 7) is 17.7. The number of hydrogen-bond donors (Lipinski definition) is 2. The molecule has 5 aromatic rings. The van der Waals surface area contributed by atoms with Crippen molar-refractivity contribution < 1.29 is 48.5 Å². The molecule has 0 saturated carbocycles. The lowest BCUT2D eigenvalue weighted by molar-refractivity contribution is -0.154. The van der Waals surface area contributed by atoms with Crippen molar-refractivity contribution in [3.63, 3.8) is 0 Å². The Morgan fingerprint density at radius 2 is 1.66 bits per heavy atom. The lowest BCUT2D eigenvalue weighted by Gasteiger charge is -2.42. The van der Waals surface area contributed by atoms with Gasteiger partial charge in [-0.25, -0.2) is 36.5 Å². The zero-order valence-electron chi connectivity index (χ0n) is 40.2. The normalized spacial score (nSPS) is 17.3. The Hall–Kier alpha value is -5.69. The number of benzene rings is 1. The third kappa shape index (κ3) is 13.2. The van der Waals surface area contributed by atoms with Crippen LogP contribution in [0.5, 0.6) is 11.9 Å². The van der Waals surface area contributed by atoms with E-state index >= 15 is 0 Å². The summed E-state index contributed by atoms with van der Waals surface area (Å²) in [5.41, 5.74) is 4.19. The summed E-state index contributed by atoms with van der Waals surface area (Å²) < 4.78 is 120. The van der Waals surface area contributed by atoms with Gasteiger partial charge in [0.15, 0.2) is 18.2 Å². The largest absolute Gasteiger partial charge is 0.468 e. The molecule has 4 aromatic heterocycles. The number of aromatic nitrogens is 6. The van der Waals surface area contributed by atoms with Crippen LogP contribution in [0.1, 0.15) is 119 Å². The first-order valence-corrected chi connectivity index (χ1v) is 26.5. The van der Waals surface area contributed by atoms with Crippen molar-refractivity contribution in [3.05, 3.63) is 123 Å². The van der Waals surface area contributed by atoms with E-state index < -0.39 is 38.2 Å². The first-order chi connectivity index (χ1) is 33.4. The van der Waals surface area contributed by atoms with Gasteiger partial charge in [-0.2, -0.15) is 18.2 Å². The highest BCUT2D eigenvalue weighted by atomic mass is 79.9. The molecular formula is C47H56BrF3N10O8S2. The van der Waals surface area contributed by atoms with Crippen molar-refractivity contribution in [2.24, 2.45) is 0 Å². The van der Waals surface area contributed by atoms with Crippen molar-refractivity contribution in [1.29, 1.82) is 0 Å². The van der Waals surface area contributed by atoms with Crippen molar-refractivity contribution in [1.82, 2.24) is 40.0 Å². The van der Waals surface area contributed by atoms with Crippen molar-refractivity contribution >= 4 is 47.7 Å². The Balaban J connectivity index is 1.23. The molecule has 2 aliphatic heterocycles. The molecule has 0 spiro atoms. The van der Waals surface area contributed by atoms with Crippen molar-refractivity contribution in [2.75, 3.05) is 42.3 Å². The van der Waals surface area contributed by atoms with Gasteiger partial charge < -0.3 is 18.5 Å². The average Bonchev–Trinajstić information content (AvgIpc) is 3.94. The molecule has 0 saturated heterocycles. The van der Waals surface area contributed by atoms with Gasteiger partial charge in [-0.05, 0) is 99.7 Å². The molecule has 1 unspecified atom stereocenters. The third-order valence-electron chi connectivity index (χ3n) is 12.0. The number of rotatable bonds is 19. The summed E-state index contributed by atoms with van der Waals surface area (Å²) in [6, 6.07) is 7.47. The zero-order chi connectivity index (χ0) is 51.5. The molecule has 3 atom stereocenters. The molecule has 382 valence electrons. The number of nitrogens with one attached hydrogen (secondary N) is 2. The average molecular weight is 1090 g/mol. The second-order valence-electron chi connectivity index (χ2n) is 18.5. The van der Waals surface area contributed by atoms with E-state index in [1.807, 2.05) is 54.5 Å². The minimum Gasteiger partial charge on any atom is -0.468 e. The number of alkyl halides is 3. The van der Waals surface area contributed by atoms with Gasteiger partial charge in [0.25, 0.3) is 26.0 Å². The van der Waals surface area contributed by atoms with Crippen LogP contribution in [0, 0.1) is 0 Å². The van der Waals surface area contributed by atoms with Crippen LogP contribution in [0.2, 0.25) is 0 Å². The molecule has 2 N–H and O–H groups in total. The van der Waals surface area contributed by atoms with Crippen LogP contribution in [-0.2, 0) is 32.0 Å². The quantitative estimate of drug-likeness (QED) is 0.0786. The fraction of sp³-hybridized carbons (Fsp3) is 0.447. The van der Waals surface area contributed by atoms with Crippen LogP contribution in [0.15, 0.2) is 103 Å². The summed E-state index contributed by atoms with van der Waals surface area (Å²) in [5, 5.41) is 8.84. The molecule has 0 radical (unpaired) electrons. The number of hydrogen-bond acceptors (Lipinski definition) is 16. The smallest absolute Gasteiger partial charge is 0.422 e. The Morgan fingerprint density at radius 1 is 0.930 bits per heavy atom. The van der Waals surface area contributed by atoms with Gasteiger partial charge >= 0.3 is 12.2 Å². The second-order valence-corrected chi connectivity index (χ2v) is 22.6. The third-order valence-corrected chi connectivity index (χ3v) is 15.0. The lowest BCUT2D eigenvalue weighted by Crippen LogP contribution is -2.40. The zero-order valence-corrected chi connectivity index (χ0v) is 43.4. The van der Waals surface area contributed by atoms with Gasteiger partial charge in [-0.1, -0.05) is 64.6 Å². The van der Waals surface area contributed by atoms with Crippen LogP contribution in [0.4, 0.5) is 24.9 Å². The Kier molecular flexibility index (Phi) is 16.1. The fourth-order valence-electron chi connectivity index (χ4n) is 8.33. The predicted molar refractivity (Wildman–Crippen MR) is 262 cm³/mol. The molecule has 24 heteroatoms. The highest BCUT2D eigenvalue weighted by Crippen LogP contribution is 2.42. The van der Waals surface area contributed by atoms with Crippen LogP contribution >= 0.6 is 15.9 Å². The van der Waals surface area contributed by atoms with Crippen molar-refractivity contribution in [3.8, 4) is 11.9 Å². The standard InChI is InChI=1S/C47H56BrF3N10O8S2/c1-9-30-15-17-60(24-32(30)16-18-70(62,63)58-42-40(48)41(68-56-42)46(6,7)8)38(35-22-53-45(54-23-35)66-10-2)20-34-26-61(29(5)31-11-14-39(52-21-31)67-27-47(49,50)51)25-33-19-36(12-13-37(33)34)71(64,65)59-44-55-43(28(3)4)69-57-44/h9,11-14,16,18-19,21-23,28-29,34,38H,1,10,15,17,20,24-27H2,2-8H3,(H,56,58)(H,57,59)/b18-16+/t29-,34?,38-/m1/s1. The molecule has 71 heavy (non-hydrogen) atoms. The van der Waals surface area contributed by atoms with E-state index in [-0.39, 0.29) is 58.4 Å². The number of pyridine rings is 1. The highest BCUT2D eigenvalue weighted by Gasteiger charge is 2.36. The molecule has 0 aliphatic carbocycles. The molecule has 18 nitrogen and oxygen atoms in total. The first-order valence-electron chi connectivity index (χ1n) is 22.7. The van der Waals surface area contributed by atoms with E-state index in [4.69, 9.17) is 18.5 Å². The number of allylic oxidation sites excluding steroid dienone is 1. The monoisotopic (exact) mass is 1090 g/mol. The van der Waals surface area contributed by atoms with E-state index in [2.05, 4.69) is 72.0 Å². The fourth-order valence-corrected chi connectivity index (χ4v) is 11.1. The SMILES string of the molecule is C=CC1=C(/C=C/S(=O)(=O)Nc2noc(C(C)(C)C)c2Br)CN([C@H](CC2CN([C@H](C)c3ccc(OCC(F)(F)F)nc3)Cc3cc(S(=O)(=O)Nc4noc(C(C)C)n4)ccc32)c2cnc(OCC)nc2)CC1. The van der Waals surface area contributed by atoms with Crippen LogP contribution in [-0.4, -0.2) is 95.9 Å².